The standard InChI is InChI=1S/C15H16N4O5S/c1-8-11(13(20)21)12(9-5-4-6-10(7-9)19(23)24)18(14(25)16-8)15(22)17(2)3/h4-7,11-12H,1-3H3,(H,20,21). The molecule has 0 radical (unpaired) electrons. The molecule has 0 bridgehead atoms. The zero-order chi connectivity index (χ0) is 18.9. The van der Waals surface area contributed by atoms with E-state index in [2.05, 4.69) is 4.99 Å². The molecule has 9 nitrogen and oxygen atoms in total. The van der Waals surface area contributed by atoms with Crippen molar-refractivity contribution in [1.29, 1.82) is 0 Å². The molecule has 2 rings (SSSR count). The van der Waals surface area contributed by atoms with Gasteiger partial charge in [-0.1, -0.05) is 12.1 Å². The summed E-state index contributed by atoms with van der Waals surface area (Å²) in [6, 6.07) is 3.93. The number of non-ortho nitro benzene ring substituents is 1. The van der Waals surface area contributed by atoms with Crippen molar-refractivity contribution in [1.82, 2.24) is 9.80 Å². The van der Waals surface area contributed by atoms with Crippen LogP contribution in [0.4, 0.5) is 10.5 Å². The van der Waals surface area contributed by atoms with Crippen LogP contribution in [-0.2, 0) is 4.79 Å². The number of carboxylic acid groups (broad SMARTS) is 1. The lowest BCUT2D eigenvalue weighted by molar-refractivity contribution is -0.385. The number of nitro benzene ring substituents is 1. The molecule has 1 aromatic rings. The van der Waals surface area contributed by atoms with Gasteiger partial charge < -0.3 is 10.0 Å². The molecule has 2 amide bonds. The van der Waals surface area contributed by atoms with Gasteiger partial charge in [0, 0.05) is 31.9 Å². The van der Waals surface area contributed by atoms with E-state index in [0.29, 0.717) is 5.56 Å². The van der Waals surface area contributed by atoms with E-state index in [-0.39, 0.29) is 16.5 Å². The molecule has 25 heavy (non-hydrogen) atoms. The Bertz CT molecular complexity index is 792. The van der Waals surface area contributed by atoms with Crippen molar-refractivity contribution in [3.63, 3.8) is 0 Å². The van der Waals surface area contributed by atoms with Gasteiger partial charge in [0.15, 0.2) is 0 Å². The predicted octanol–water partition coefficient (Wildman–Crippen LogP) is 2.08. The summed E-state index contributed by atoms with van der Waals surface area (Å²) in [5, 5.41) is 20.6. The van der Waals surface area contributed by atoms with E-state index in [1.165, 1.54) is 50.2 Å². The maximum Gasteiger partial charge on any atom is 0.326 e. The average molecular weight is 364 g/mol. The quantitative estimate of drug-likeness (QED) is 0.499. The number of hydrogen-bond acceptors (Lipinski definition) is 5. The van der Waals surface area contributed by atoms with Gasteiger partial charge in [-0.25, -0.2) is 9.79 Å². The lowest BCUT2D eigenvalue weighted by Gasteiger charge is -2.39. The van der Waals surface area contributed by atoms with E-state index in [1.807, 2.05) is 0 Å². The highest BCUT2D eigenvalue weighted by atomic mass is 32.1. The van der Waals surface area contributed by atoms with Crippen LogP contribution in [0.2, 0.25) is 0 Å². The summed E-state index contributed by atoms with van der Waals surface area (Å²) in [4.78, 5) is 41.2. The van der Waals surface area contributed by atoms with Gasteiger partial charge in [0.2, 0.25) is 5.11 Å². The molecule has 10 heteroatoms. The number of thiocarbonyl (C=S) groups is 1. The highest BCUT2D eigenvalue weighted by molar-refractivity contribution is 7.80. The molecule has 2 unspecified atom stereocenters. The second kappa shape index (κ2) is 6.93. The molecule has 0 saturated carbocycles. The minimum Gasteiger partial charge on any atom is -0.481 e. The maximum absolute atomic E-state index is 12.6. The van der Waals surface area contributed by atoms with Crippen LogP contribution < -0.4 is 0 Å². The number of urea groups is 1. The van der Waals surface area contributed by atoms with Gasteiger partial charge >= 0.3 is 12.0 Å². The van der Waals surface area contributed by atoms with E-state index >= 15 is 0 Å². The number of aliphatic imine (C=N–C) groups is 1. The van der Waals surface area contributed by atoms with Gasteiger partial charge in [0.05, 0.1) is 11.0 Å². The first kappa shape index (κ1) is 18.5. The zero-order valence-corrected chi connectivity index (χ0v) is 14.6. The highest BCUT2D eigenvalue weighted by Gasteiger charge is 2.44. The third-order valence-electron chi connectivity index (χ3n) is 3.80. The molecular weight excluding hydrogens is 348 g/mol. The number of carbonyl (C=O) groups excluding carboxylic acids is 1. The molecule has 0 fully saturated rings. The second-order valence-corrected chi connectivity index (χ2v) is 6.06. The molecule has 1 aromatic carbocycles. The Kier molecular flexibility index (Phi) is 5.12. The van der Waals surface area contributed by atoms with Crippen molar-refractivity contribution in [2.75, 3.05) is 14.1 Å². The van der Waals surface area contributed by atoms with E-state index in [4.69, 9.17) is 12.2 Å². The average Bonchev–Trinajstić information content (AvgIpc) is 2.53. The fourth-order valence-electron chi connectivity index (χ4n) is 2.66. The lowest BCUT2D eigenvalue weighted by atomic mass is 9.87. The number of hydrogen-bond donors (Lipinski definition) is 1. The fourth-order valence-corrected chi connectivity index (χ4v) is 3.00. The maximum atomic E-state index is 12.6. The third-order valence-corrected chi connectivity index (χ3v) is 4.09. The third kappa shape index (κ3) is 3.48. The number of carboxylic acids is 1. The molecule has 1 aliphatic heterocycles. The molecule has 132 valence electrons. The van der Waals surface area contributed by atoms with E-state index in [9.17, 15) is 24.8 Å². The molecule has 1 N–H and O–H groups in total. The van der Waals surface area contributed by atoms with E-state index in [0.717, 1.165) is 4.90 Å². The number of nitro groups is 1. The summed E-state index contributed by atoms with van der Waals surface area (Å²) in [7, 11) is 2.99. The second-order valence-electron chi connectivity index (χ2n) is 5.70. The van der Waals surface area contributed by atoms with Crippen molar-refractivity contribution >= 4 is 40.7 Å². The summed E-state index contributed by atoms with van der Waals surface area (Å²) in [6.07, 6.45) is 0. The van der Waals surface area contributed by atoms with Crippen LogP contribution in [0, 0.1) is 16.0 Å². The van der Waals surface area contributed by atoms with Crippen molar-refractivity contribution in [2.24, 2.45) is 10.9 Å². The zero-order valence-electron chi connectivity index (χ0n) is 13.7. The first-order valence-corrected chi connectivity index (χ1v) is 7.62. The molecule has 2 atom stereocenters. The summed E-state index contributed by atoms with van der Waals surface area (Å²) >= 11 is 5.16. The topological polar surface area (TPSA) is 116 Å². The van der Waals surface area contributed by atoms with Crippen LogP contribution >= 0.6 is 12.2 Å². The molecule has 1 aliphatic rings. The van der Waals surface area contributed by atoms with Gasteiger partial charge in [-0.05, 0) is 24.7 Å². The molecule has 1 heterocycles. The Labute approximate surface area is 148 Å². The first-order valence-electron chi connectivity index (χ1n) is 7.22. The summed E-state index contributed by atoms with van der Waals surface area (Å²) in [5.41, 5.74) is 0.329. The largest absolute Gasteiger partial charge is 0.481 e. The first-order chi connectivity index (χ1) is 11.6. The summed E-state index contributed by atoms with van der Waals surface area (Å²) in [6.45, 7) is 1.51. The van der Waals surface area contributed by atoms with Crippen LogP contribution in [0.15, 0.2) is 29.3 Å². The Morgan fingerprint density at radius 3 is 2.56 bits per heavy atom. The molecule has 0 aromatic heterocycles. The predicted molar refractivity (Wildman–Crippen MR) is 93.6 cm³/mol. The van der Waals surface area contributed by atoms with Gasteiger partial charge in [-0.3, -0.25) is 19.8 Å². The number of benzene rings is 1. The SMILES string of the molecule is CC1=NC(=S)N(C(=O)N(C)C)C(c2cccc([N+](=O)[O-])c2)C1C(=O)O. The van der Waals surface area contributed by atoms with Crippen LogP contribution in [0.3, 0.4) is 0 Å². The van der Waals surface area contributed by atoms with Gasteiger partial charge in [0.25, 0.3) is 5.69 Å². The molecular formula is C15H16N4O5S. The Hall–Kier alpha value is -2.88. The van der Waals surface area contributed by atoms with Crippen LogP contribution in [0.25, 0.3) is 0 Å². The number of nitrogens with zero attached hydrogens (tertiary/aromatic N) is 4. The minimum absolute atomic E-state index is 0.0785. The van der Waals surface area contributed by atoms with E-state index < -0.39 is 28.9 Å². The summed E-state index contributed by atoms with van der Waals surface area (Å²) < 4.78 is 0. The van der Waals surface area contributed by atoms with Gasteiger partial charge in [-0.2, -0.15) is 0 Å². The van der Waals surface area contributed by atoms with Gasteiger partial charge in [0.1, 0.15) is 5.92 Å². The summed E-state index contributed by atoms with van der Waals surface area (Å²) in [5.74, 6) is -2.37. The van der Waals surface area contributed by atoms with Crippen molar-refractivity contribution in [3.8, 4) is 0 Å². The number of amides is 2. The Morgan fingerprint density at radius 2 is 2.04 bits per heavy atom. The highest BCUT2D eigenvalue weighted by Crippen LogP contribution is 2.36. The Morgan fingerprint density at radius 1 is 1.40 bits per heavy atom. The fraction of sp³-hybridized carbons (Fsp3) is 0.333. The van der Waals surface area contributed by atoms with E-state index in [1.54, 1.807) is 0 Å². The van der Waals surface area contributed by atoms with Crippen LogP contribution in [0.5, 0.6) is 0 Å². The number of aliphatic carboxylic acids is 1. The van der Waals surface area contributed by atoms with Crippen LogP contribution in [0.1, 0.15) is 18.5 Å². The number of rotatable bonds is 3. The Balaban J connectivity index is 2.68. The van der Waals surface area contributed by atoms with Gasteiger partial charge in [-0.15, -0.1) is 0 Å². The molecule has 0 aliphatic carbocycles. The molecule has 0 saturated heterocycles. The van der Waals surface area contributed by atoms with Crippen molar-refractivity contribution in [3.05, 3.63) is 39.9 Å². The van der Waals surface area contributed by atoms with Crippen molar-refractivity contribution < 1.29 is 19.6 Å². The number of carbonyl (C=O) groups is 2. The normalized spacial score (nSPS) is 20.0. The van der Waals surface area contributed by atoms with Crippen LogP contribution in [-0.4, -0.2) is 56.7 Å². The van der Waals surface area contributed by atoms with Crippen molar-refractivity contribution in [2.45, 2.75) is 13.0 Å². The molecule has 0 spiro atoms. The minimum atomic E-state index is -1.20. The lowest BCUT2D eigenvalue weighted by Crippen LogP contribution is -2.52. The monoisotopic (exact) mass is 364 g/mol. The smallest absolute Gasteiger partial charge is 0.326 e.